The van der Waals surface area contributed by atoms with Crippen molar-refractivity contribution in [1.82, 2.24) is 4.90 Å². The van der Waals surface area contributed by atoms with Gasteiger partial charge in [-0.25, -0.2) is 0 Å². The SMILES string of the molecule is CC(=O)Nc1ccc(C2=C(Nc3ccc(C)cc3C)C(=O)N(CCc3ccccc3)C2=O)cc1. The normalized spacial score (nSPS) is 13.4. The van der Waals surface area contributed by atoms with Crippen molar-refractivity contribution in [2.24, 2.45) is 0 Å². The van der Waals surface area contributed by atoms with E-state index in [0.717, 1.165) is 22.4 Å². The van der Waals surface area contributed by atoms with Crippen LogP contribution in [0.4, 0.5) is 11.4 Å². The number of amides is 3. The van der Waals surface area contributed by atoms with Gasteiger partial charge < -0.3 is 10.6 Å². The molecule has 0 spiro atoms. The van der Waals surface area contributed by atoms with Crippen molar-refractivity contribution in [3.8, 4) is 0 Å². The van der Waals surface area contributed by atoms with Crippen LogP contribution in [0.1, 0.15) is 29.2 Å². The van der Waals surface area contributed by atoms with Crippen LogP contribution in [0.25, 0.3) is 5.57 Å². The number of imide groups is 1. The molecule has 0 saturated carbocycles. The van der Waals surface area contributed by atoms with E-state index in [2.05, 4.69) is 10.6 Å². The van der Waals surface area contributed by atoms with E-state index in [4.69, 9.17) is 0 Å². The number of hydrogen-bond acceptors (Lipinski definition) is 4. The summed E-state index contributed by atoms with van der Waals surface area (Å²) in [5.74, 6) is -0.856. The molecule has 0 unspecified atom stereocenters. The molecule has 3 aromatic rings. The Morgan fingerprint density at radius 2 is 1.59 bits per heavy atom. The van der Waals surface area contributed by atoms with Crippen LogP contribution >= 0.6 is 0 Å². The summed E-state index contributed by atoms with van der Waals surface area (Å²) in [7, 11) is 0. The Bertz CT molecular complexity index is 1280. The molecule has 0 radical (unpaired) electrons. The largest absolute Gasteiger partial charge is 0.350 e. The topological polar surface area (TPSA) is 78.5 Å². The molecule has 6 heteroatoms. The van der Waals surface area contributed by atoms with Crippen LogP contribution < -0.4 is 10.6 Å². The Kier molecular flexibility index (Phi) is 6.59. The summed E-state index contributed by atoms with van der Waals surface area (Å²) in [6.07, 6.45) is 0.573. The van der Waals surface area contributed by atoms with Crippen molar-refractivity contribution in [3.05, 3.63) is 101 Å². The summed E-state index contributed by atoms with van der Waals surface area (Å²) in [5.41, 5.74) is 5.75. The molecule has 4 rings (SSSR count). The first-order valence-electron chi connectivity index (χ1n) is 11.2. The van der Waals surface area contributed by atoms with Crippen molar-refractivity contribution in [2.75, 3.05) is 17.2 Å². The number of carbonyl (C=O) groups is 3. The van der Waals surface area contributed by atoms with Gasteiger partial charge in [0.05, 0.1) is 5.57 Å². The minimum absolute atomic E-state index is 0.177. The average molecular weight is 454 g/mol. The van der Waals surface area contributed by atoms with Crippen LogP contribution in [-0.4, -0.2) is 29.2 Å². The molecule has 1 heterocycles. The fraction of sp³-hybridized carbons (Fsp3) is 0.179. The zero-order chi connectivity index (χ0) is 24.2. The van der Waals surface area contributed by atoms with E-state index in [1.54, 1.807) is 24.3 Å². The number of benzene rings is 3. The second-order valence-corrected chi connectivity index (χ2v) is 8.45. The molecule has 0 atom stereocenters. The molecule has 1 aliphatic heterocycles. The molecule has 0 saturated heterocycles. The lowest BCUT2D eigenvalue weighted by Gasteiger charge is -2.16. The highest BCUT2D eigenvalue weighted by Crippen LogP contribution is 2.32. The maximum Gasteiger partial charge on any atom is 0.278 e. The molecule has 172 valence electrons. The number of carbonyl (C=O) groups excluding carboxylic acids is 3. The summed E-state index contributed by atoms with van der Waals surface area (Å²) in [6, 6.07) is 22.6. The summed E-state index contributed by atoms with van der Waals surface area (Å²) in [4.78, 5) is 39.6. The zero-order valence-corrected chi connectivity index (χ0v) is 19.5. The first-order chi connectivity index (χ1) is 16.3. The Labute approximate surface area is 199 Å². The third-order valence-corrected chi connectivity index (χ3v) is 5.77. The molecule has 6 nitrogen and oxygen atoms in total. The first-order valence-corrected chi connectivity index (χ1v) is 11.2. The second-order valence-electron chi connectivity index (χ2n) is 8.45. The van der Waals surface area contributed by atoms with Gasteiger partial charge in [-0.05, 0) is 55.2 Å². The number of anilines is 2. The van der Waals surface area contributed by atoms with Gasteiger partial charge in [-0.2, -0.15) is 0 Å². The van der Waals surface area contributed by atoms with Crippen LogP contribution in [0.2, 0.25) is 0 Å². The Balaban J connectivity index is 1.68. The van der Waals surface area contributed by atoms with Crippen molar-refractivity contribution in [2.45, 2.75) is 27.2 Å². The van der Waals surface area contributed by atoms with Crippen LogP contribution in [0.15, 0.2) is 78.5 Å². The zero-order valence-electron chi connectivity index (χ0n) is 19.5. The van der Waals surface area contributed by atoms with E-state index in [9.17, 15) is 14.4 Å². The van der Waals surface area contributed by atoms with E-state index in [1.807, 2.05) is 62.4 Å². The summed E-state index contributed by atoms with van der Waals surface area (Å²) in [5, 5.41) is 5.96. The van der Waals surface area contributed by atoms with Gasteiger partial charge in [-0.1, -0.05) is 60.2 Å². The summed E-state index contributed by atoms with van der Waals surface area (Å²) < 4.78 is 0. The lowest BCUT2D eigenvalue weighted by Crippen LogP contribution is -2.34. The van der Waals surface area contributed by atoms with Crippen molar-refractivity contribution in [3.63, 3.8) is 0 Å². The molecule has 0 fully saturated rings. The Morgan fingerprint density at radius 3 is 2.24 bits per heavy atom. The highest BCUT2D eigenvalue weighted by Gasteiger charge is 2.39. The van der Waals surface area contributed by atoms with Gasteiger partial charge >= 0.3 is 0 Å². The van der Waals surface area contributed by atoms with Gasteiger partial charge in [0, 0.05) is 24.8 Å². The minimum atomic E-state index is -0.346. The predicted octanol–water partition coefficient (Wildman–Crippen LogP) is 4.70. The number of nitrogens with one attached hydrogen (secondary N) is 2. The number of aryl methyl sites for hydroxylation is 2. The number of hydrogen-bond donors (Lipinski definition) is 2. The molecule has 1 aliphatic rings. The van der Waals surface area contributed by atoms with Gasteiger partial charge in [0.1, 0.15) is 5.70 Å². The fourth-order valence-corrected chi connectivity index (χ4v) is 4.06. The van der Waals surface area contributed by atoms with Gasteiger partial charge in [0.25, 0.3) is 11.8 Å². The molecule has 3 amide bonds. The third kappa shape index (κ3) is 4.91. The quantitative estimate of drug-likeness (QED) is 0.509. The highest BCUT2D eigenvalue weighted by atomic mass is 16.2. The summed E-state index contributed by atoms with van der Waals surface area (Å²) >= 11 is 0. The average Bonchev–Trinajstić information content (AvgIpc) is 3.04. The van der Waals surface area contributed by atoms with Gasteiger partial charge in [-0.15, -0.1) is 0 Å². The first kappa shape index (κ1) is 23.0. The lowest BCUT2D eigenvalue weighted by molar-refractivity contribution is -0.136. The highest BCUT2D eigenvalue weighted by molar-refractivity contribution is 6.36. The van der Waals surface area contributed by atoms with Gasteiger partial charge in [-0.3, -0.25) is 19.3 Å². The standard InChI is InChI=1S/C28H27N3O3/c1-18-9-14-24(19(2)17-18)30-26-25(22-10-12-23(13-11-22)29-20(3)32)27(33)31(28(26)34)16-15-21-7-5-4-6-8-21/h4-14,17,30H,15-16H2,1-3H3,(H,29,32). The molecule has 3 aromatic carbocycles. The van der Waals surface area contributed by atoms with Crippen LogP contribution in [0, 0.1) is 13.8 Å². The molecule has 0 bridgehead atoms. The summed E-state index contributed by atoms with van der Waals surface area (Å²) in [6.45, 7) is 5.69. The monoisotopic (exact) mass is 453 g/mol. The molecule has 0 aliphatic carbocycles. The molecule has 0 aromatic heterocycles. The Hall–Kier alpha value is -4.19. The molecular formula is C28H27N3O3. The smallest absolute Gasteiger partial charge is 0.278 e. The van der Waals surface area contributed by atoms with E-state index in [0.29, 0.717) is 23.2 Å². The van der Waals surface area contributed by atoms with E-state index < -0.39 is 0 Å². The molecular weight excluding hydrogens is 426 g/mol. The van der Waals surface area contributed by atoms with Crippen LogP contribution in [-0.2, 0) is 20.8 Å². The fourth-order valence-electron chi connectivity index (χ4n) is 4.06. The maximum atomic E-state index is 13.5. The van der Waals surface area contributed by atoms with Crippen molar-refractivity contribution < 1.29 is 14.4 Å². The number of rotatable bonds is 7. The van der Waals surface area contributed by atoms with E-state index in [-0.39, 0.29) is 30.0 Å². The second kappa shape index (κ2) is 9.75. The maximum absolute atomic E-state index is 13.5. The number of nitrogens with zero attached hydrogens (tertiary/aromatic N) is 1. The predicted molar refractivity (Wildman–Crippen MR) is 134 cm³/mol. The van der Waals surface area contributed by atoms with Gasteiger partial charge in [0.2, 0.25) is 5.91 Å². The van der Waals surface area contributed by atoms with Crippen LogP contribution in [0.5, 0.6) is 0 Å². The van der Waals surface area contributed by atoms with E-state index in [1.165, 1.54) is 11.8 Å². The van der Waals surface area contributed by atoms with Crippen LogP contribution in [0.3, 0.4) is 0 Å². The molecule has 34 heavy (non-hydrogen) atoms. The third-order valence-electron chi connectivity index (χ3n) is 5.77. The van der Waals surface area contributed by atoms with E-state index >= 15 is 0 Å². The minimum Gasteiger partial charge on any atom is -0.350 e. The van der Waals surface area contributed by atoms with Gasteiger partial charge in [0.15, 0.2) is 0 Å². The molecule has 2 N–H and O–H groups in total. The lowest BCUT2D eigenvalue weighted by atomic mass is 10.0. The Morgan fingerprint density at radius 1 is 0.882 bits per heavy atom. The van der Waals surface area contributed by atoms with Crippen molar-refractivity contribution in [1.29, 1.82) is 0 Å². The van der Waals surface area contributed by atoms with Crippen molar-refractivity contribution >= 4 is 34.7 Å².